The molecule has 0 fully saturated rings. The summed E-state index contributed by atoms with van der Waals surface area (Å²) in [6.07, 6.45) is 1.26. The topological polar surface area (TPSA) is 92.5 Å². The summed E-state index contributed by atoms with van der Waals surface area (Å²) < 4.78 is 0. The van der Waals surface area contributed by atoms with Crippen molar-refractivity contribution in [3.8, 4) is 0 Å². The second kappa shape index (κ2) is 6.84. The molecule has 0 aliphatic rings. The number of hydrogen-bond acceptors (Lipinski definition) is 5. The Bertz CT molecular complexity index is 474. The number of hydrogen-bond donors (Lipinski definition) is 2. The fraction of sp³-hybridized carbons (Fsp3) is 0.462. The summed E-state index contributed by atoms with van der Waals surface area (Å²) in [6.45, 7) is 3.32. The van der Waals surface area contributed by atoms with Gasteiger partial charge in [-0.1, -0.05) is 6.92 Å². The number of ketones is 1. The van der Waals surface area contributed by atoms with Crippen LogP contribution in [0.25, 0.3) is 0 Å². The molecule has 1 aromatic carbocycles. The first kappa shape index (κ1) is 15.1. The van der Waals surface area contributed by atoms with Gasteiger partial charge in [0.1, 0.15) is 5.69 Å². The Balaban J connectivity index is 3.06. The van der Waals surface area contributed by atoms with Gasteiger partial charge in [-0.25, -0.2) is 0 Å². The summed E-state index contributed by atoms with van der Waals surface area (Å²) in [7, 11) is 0. The lowest BCUT2D eigenvalue weighted by atomic mass is 10.1. The van der Waals surface area contributed by atoms with Crippen molar-refractivity contribution in [1.82, 2.24) is 0 Å². The van der Waals surface area contributed by atoms with E-state index in [9.17, 15) is 14.9 Å². The van der Waals surface area contributed by atoms with Gasteiger partial charge in [0.25, 0.3) is 5.69 Å². The van der Waals surface area contributed by atoms with Crippen molar-refractivity contribution >= 4 is 17.2 Å². The van der Waals surface area contributed by atoms with E-state index >= 15 is 0 Å². The van der Waals surface area contributed by atoms with E-state index in [1.807, 2.05) is 6.92 Å². The maximum absolute atomic E-state index is 11.2. The second-order valence-corrected chi connectivity index (χ2v) is 4.31. The quantitative estimate of drug-likeness (QED) is 0.449. The molecule has 0 aliphatic heterocycles. The van der Waals surface area contributed by atoms with E-state index in [-0.39, 0.29) is 24.1 Å². The first-order valence-electron chi connectivity index (χ1n) is 6.16. The van der Waals surface area contributed by atoms with Crippen LogP contribution >= 0.6 is 0 Å². The molecule has 19 heavy (non-hydrogen) atoms. The lowest BCUT2D eigenvalue weighted by Crippen LogP contribution is -2.20. The molecule has 0 amide bonds. The number of aliphatic hydroxyl groups is 1. The Morgan fingerprint density at radius 3 is 2.68 bits per heavy atom. The first-order chi connectivity index (χ1) is 8.99. The van der Waals surface area contributed by atoms with E-state index in [0.29, 0.717) is 17.7 Å². The number of anilines is 1. The molecule has 0 saturated heterocycles. The normalized spacial score (nSPS) is 11.9. The third kappa shape index (κ3) is 4.03. The molecule has 2 N–H and O–H groups in total. The highest BCUT2D eigenvalue weighted by Crippen LogP contribution is 2.27. The van der Waals surface area contributed by atoms with Crippen molar-refractivity contribution in [3.63, 3.8) is 0 Å². The maximum atomic E-state index is 11.2. The van der Waals surface area contributed by atoms with Gasteiger partial charge in [-0.05, 0) is 31.9 Å². The molecule has 0 spiro atoms. The fourth-order valence-electron chi connectivity index (χ4n) is 1.78. The van der Waals surface area contributed by atoms with E-state index < -0.39 is 4.92 Å². The van der Waals surface area contributed by atoms with Gasteiger partial charge >= 0.3 is 0 Å². The number of aliphatic hydroxyl groups excluding tert-OH is 1. The number of nitro groups is 1. The fourth-order valence-corrected chi connectivity index (χ4v) is 1.78. The number of nitrogens with zero attached hydrogens (tertiary/aromatic N) is 1. The zero-order valence-electron chi connectivity index (χ0n) is 11.0. The van der Waals surface area contributed by atoms with Gasteiger partial charge in [0.15, 0.2) is 5.78 Å². The Hall–Kier alpha value is -1.95. The van der Waals surface area contributed by atoms with Crippen molar-refractivity contribution in [3.05, 3.63) is 33.9 Å². The highest BCUT2D eigenvalue weighted by atomic mass is 16.6. The molecule has 0 radical (unpaired) electrons. The number of nitrogens with one attached hydrogen (secondary N) is 1. The molecule has 0 heterocycles. The van der Waals surface area contributed by atoms with E-state index in [1.165, 1.54) is 19.1 Å². The summed E-state index contributed by atoms with van der Waals surface area (Å²) in [5, 5.41) is 23.0. The third-order valence-corrected chi connectivity index (χ3v) is 2.93. The summed E-state index contributed by atoms with van der Waals surface area (Å²) in [5.74, 6) is -0.211. The number of carbonyl (C=O) groups is 1. The van der Waals surface area contributed by atoms with Crippen LogP contribution in [-0.2, 0) is 0 Å². The Kier molecular flexibility index (Phi) is 5.44. The van der Waals surface area contributed by atoms with E-state index in [1.54, 1.807) is 6.07 Å². The molecule has 0 saturated carbocycles. The van der Waals surface area contributed by atoms with Crippen molar-refractivity contribution in [2.75, 3.05) is 11.9 Å². The second-order valence-electron chi connectivity index (χ2n) is 4.31. The molecule has 104 valence electrons. The summed E-state index contributed by atoms with van der Waals surface area (Å²) in [5.41, 5.74) is 0.562. The monoisotopic (exact) mass is 266 g/mol. The van der Waals surface area contributed by atoms with Crippen LogP contribution in [0.4, 0.5) is 11.4 Å². The summed E-state index contributed by atoms with van der Waals surface area (Å²) in [4.78, 5) is 21.8. The number of nitro benzene ring substituents is 1. The van der Waals surface area contributed by atoms with Crippen LogP contribution in [0.1, 0.15) is 37.0 Å². The van der Waals surface area contributed by atoms with Crippen LogP contribution in [0.3, 0.4) is 0 Å². The number of rotatable bonds is 7. The van der Waals surface area contributed by atoms with Crippen LogP contribution in [0.5, 0.6) is 0 Å². The smallest absolute Gasteiger partial charge is 0.293 e. The molecule has 0 aliphatic carbocycles. The molecule has 1 rings (SSSR count). The van der Waals surface area contributed by atoms with Crippen LogP contribution < -0.4 is 5.32 Å². The molecular formula is C13H18N2O4. The molecule has 0 bridgehead atoms. The van der Waals surface area contributed by atoms with Gasteiger partial charge in [0, 0.05) is 24.3 Å². The Morgan fingerprint density at radius 1 is 1.53 bits per heavy atom. The van der Waals surface area contributed by atoms with Crippen LogP contribution in [0, 0.1) is 10.1 Å². The van der Waals surface area contributed by atoms with E-state index in [2.05, 4.69) is 5.32 Å². The Morgan fingerprint density at radius 2 is 2.21 bits per heavy atom. The highest BCUT2D eigenvalue weighted by molar-refractivity contribution is 5.95. The van der Waals surface area contributed by atoms with Gasteiger partial charge in [-0.3, -0.25) is 14.9 Å². The molecule has 6 nitrogen and oxygen atoms in total. The maximum Gasteiger partial charge on any atom is 0.293 e. The first-order valence-corrected chi connectivity index (χ1v) is 6.16. The number of benzene rings is 1. The van der Waals surface area contributed by atoms with E-state index in [0.717, 1.165) is 6.42 Å². The predicted octanol–water partition coefficient (Wildman–Crippen LogP) is 2.37. The molecule has 1 atom stereocenters. The van der Waals surface area contributed by atoms with Gasteiger partial charge < -0.3 is 10.4 Å². The van der Waals surface area contributed by atoms with Crippen LogP contribution in [-0.4, -0.2) is 28.5 Å². The summed E-state index contributed by atoms with van der Waals surface area (Å²) in [6, 6.07) is 4.33. The zero-order chi connectivity index (χ0) is 14.4. The molecular weight excluding hydrogens is 248 g/mol. The average Bonchev–Trinajstić information content (AvgIpc) is 2.37. The SMILES string of the molecule is CCC(CCO)Nc1ccc(C(C)=O)cc1[N+](=O)[O-]. The Labute approximate surface area is 111 Å². The number of Topliss-reactive ketones (excluding diaryl/α,β-unsaturated/α-hetero) is 1. The minimum absolute atomic E-state index is 0.0187. The van der Waals surface area contributed by atoms with Gasteiger partial charge in [0.2, 0.25) is 0 Å². The molecule has 1 unspecified atom stereocenters. The van der Waals surface area contributed by atoms with Crippen molar-refractivity contribution in [1.29, 1.82) is 0 Å². The largest absolute Gasteiger partial charge is 0.396 e. The third-order valence-electron chi connectivity index (χ3n) is 2.93. The highest BCUT2D eigenvalue weighted by Gasteiger charge is 2.18. The average molecular weight is 266 g/mol. The standard InChI is InChI=1S/C13H18N2O4/c1-3-11(6-7-16)14-12-5-4-10(9(2)17)8-13(12)15(18)19/h4-5,8,11,14,16H,3,6-7H2,1-2H3. The van der Waals surface area contributed by atoms with Crippen molar-refractivity contribution < 1.29 is 14.8 Å². The minimum Gasteiger partial charge on any atom is -0.396 e. The van der Waals surface area contributed by atoms with Gasteiger partial charge in [-0.15, -0.1) is 0 Å². The van der Waals surface area contributed by atoms with Crippen LogP contribution in [0.2, 0.25) is 0 Å². The predicted molar refractivity (Wildman–Crippen MR) is 72.5 cm³/mol. The van der Waals surface area contributed by atoms with E-state index in [4.69, 9.17) is 5.11 Å². The van der Waals surface area contributed by atoms with Crippen molar-refractivity contribution in [2.45, 2.75) is 32.7 Å². The lowest BCUT2D eigenvalue weighted by molar-refractivity contribution is -0.384. The molecule has 6 heteroatoms. The molecule has 1 aromatic rings. The molecule has 0 aromatic heterocycles. The van der Waals surface area contributed by atoms with Gasteiger partial charge in [0.05, 0.1) is 4.92 Å². The summed E-state index contributed by atoms with van der Waals surface area (Å²) >= 11 is 0. The lowest BCUT2D eigenvalue weighted by Gasteiger charge is -2.17. The zero-order valence-corrected chi connectivity index (χ0v) is 11.0. The minimum atomic E-state index is -0.513. The van der Waals surface area contributed by atoms with Crippen LogP contribution in [0.15, 0.2) is 18.2 Å². The van der Waals surface area contributed by atoms with Gasteiger partial charge in [-0.2, -0.15) is 0 Å². The van der Waals surface area contributed by atoms with Crippen molar-refractivity contribution in [2.24, 2.45) is 0 Å². The number of carbonyl (C=O) groups excluding carboxylic acids is 1.